The number of aromatic nitrogens is 2. The summed E-state index contributed by atoms with van der Waals surface area (Å²) < 4.78 is 7.26. The molecule has 2 aromatic heterocycles. The van der Waals surface area contributed by atoms with Crippen LogP contribution in [0.5, 0.6) is 0 Å². The van der Waals surface area contributed by atoms with Crippen LogP contribution in [0.3, 0.4) is 0 Å². The van der Waals surface area contributed by atoms with Gasteiger partial charge in [0.25, 0.3) is 0 Å². The third-order valence-corrected chi connectivity index (χ3v) is 2.93. The molecule has 0 aromatic carbocycles. The summed E-state index contributed by atoms with van der Waals surface area (Å²) in [5, 5.41) is 3.41. The number of nitrogens with one attached hydrogen (secondary N) is 1. The first-order valence-electron chi connectivity index (χ1n) is 6.50. The van der Waals surface area contributed by atoms with Gasteiger partial charge in [-0.3, -0.25) is 0 Å². The van der Waals surface area contributed by atoms with Crippen molar-refractivity contribution in [1.82, 2.24) is 14.9 Å². The molecule has 0 bridgehead atoms. The zero-order valence-corrected chi connectivity index (χ0v) is 11.1. The molecule has 0 saturated heterocycles. The van der Waals surface area contributed by atoms with E-state index < -0.39 is 0 Å². The first kappa shape index (κ1) is 12.9. The van der Waals surface area contributed by atoms with Crippen molar-refractivity contribution < 1.29 is 4.42 Å². The maximum atomic E-state index is 5.02. The first-order valence-corrected chi connectivity index (χ1v) is 6.50. The lowest BCUT2D eigenvalue weighted by atomic mass is 10.2. The summed E-state index contributed by atoms with van der Waals surface area (Å²) in [4.78, 5) is 4.39. The summed E-state index contributed by atoms with van der Waals surface area (Å²) in [5.74, 6) is 1.66. The van der Waals surface area contributed by atoms with E-state index in [1.807, 2.05) is 12.3 Å². The maximum Gasteiger partial charge on any atom is 0.111 e. The highest BCUT2D eigenvalue weighted by atomic mass is 16.3. The van der Waals surface area contributed by atoms with Crippen molar-refractivity contribution in [2.75, 3.05) is 6.54 Å². The van der Waals surface area contributed by atoms with Crippen LogP contribution in [0.4, 0.5) is 0 Å². The Balaban J connectivity index is 1.67. The van der Waals surface area contributed by atoms with Gasteiger partial charge in [-0.05, 0) is 19.0 Å². The van der Waals surface area contributed by atoms with E-state index >= 15 is 0 Å². The molecule has 2 heterocycles. The van der Waals surface area contributed by atoms with Crippen molar-refractivity contribution in [3.8, 4) is 0 Å². The van der Waals surface area contributed by atoms with Crippen LogP contribution in [0, 0.1) is 0 Å². The monoisotopic (exact) mass is 247 g/mol. The Kier molecular flexibility index (Phi) is 4.59. The molecule has 0 atom stereocenters. The highest BCUT2D eigenvalue weighted by Gasteiger charge is 2.06. The lowest BCUT2D eigenvalue weighted by molar-refractivity contribution is 0.544. The van der Waals surface area contributed by atoms with Crippen LogP contribution in [0.15, 0.2) is 35.4 Å². The maximum absolute atomic E-state index is 5.02. The minimum Gasteiger partial charge on any atom is -0.472 e. The molecule has 98 valence electrons. The van der Waals surface area contributed by atoms with Gasteiger partial charge in [-0.2, -0.15) is 0 Å². The number of hydrogen-bond donors (Lipinski definition) is 1. The van der Waals surface area contributed by atoms with Crippen molar-refractivity contribution in [3.63, 3.8) is 0 Å². The Morgan fingerprint density at radius 1 is 1.44 bits per heavy atom. The second kappa shape index (κ2) is 6.40. The zero-order valence-electron chi connectivity index (χ0n) is 11.1. The van der Waals surface area contributed by atoms with Gasteiger partial charge < -0.3 is 14.3 Å². The summed E-state index contributed by atoms with van der Waals surface area (Å²) in [6, 6.07) is 1.99. The number of imidazole rings is 1. The Labute approximate surface area is 108 Å². The fourth-order valence-corrected chi connectivity index (χ4v) is 2.01. The van der Waals surface area contributed by atoms with Gasteiger partial charge in [0, 0.05) is 37.0 Å². The van der Waals surface area contributed by atoms with Crippen LogP contribution in [0.25, 0.3) is 0 Å². The van der Waals surface area contributed by atoms with Gasteiger partial charge in [-0.15, -0.1) is 0 Å². The standard InChI is InChI=1S/C14H21N3O/c1-12(2)14-16-6-8-17(14)7-3-5-15-10-13-4-9-18-11-13/h4,6,8-9,11-12,15H,3,5,7,10H2,1-2H3. The van der Waals surface area contributed by atoms with Crippen molar-refractivity contribution in [2.45, 2.75) is 39.3 Å². The molecule has 2 aromatic rings. The van der Waals surface area contributed by atoms with Crippen molar-refractivity contribution in [2.24, 2.45) is 0 Å². The van der Waals surface area contributed by atoms with E-state index in [0.29, 0.717) is 5.92 Å². The predicted octanol–water partition coefficient (Wildman–Crippen LogP) is 2.78. The van der Waals surface area contributed by atoms with Crippen molar-refractivity contribution in [3.05, 3.63) is 42.4 Å². The van der Waals surface area contributed by atoms with Crippen LogP contribution in [0.1, 0.15) is 37.6 Å². The molecule has 0 fully saturated rings. The van der Waals surface area contributed by atoms with E-state index in [4.69, 9.17) is 4.42 Å². The summed E-state index contributed by atoms with van der Waals surface area (Å²) >= 11 is 0. The smallest absolute Gasteiger partial charge is 0.111 e. The molecule has 0 aliphatic heterocycles. The normalized spacial score (nSPS) is 11.3. The SMILES string of the molecule is CC(C)c1nccn1CCCNCc1ccoc1. The summed E-state index contributed by atoms with van der Waals surface area (Å²) in [6.45, 7) is 7.25. The van der Waals surface area contributed by atoms with Crippen molar-refractivity contribution in [1.29, 1.82) is 0 Å². The fraction of sp³-hybridized carbons (Fsp3) is 0.500. The molecule has 0 amide bonds. The third-order valence-electron chi connectivity index (χ3n) is 2.93. The minimum absolute atomic E-state index is 0.485. The van der Waals surface area contributed by atoms with Gasteiger partial charge >= 0.3 is 0 Å². The van der Waals surface area contributed by atoms with Gasteiger partial charge in [0.15, 0.2) is 0 Å². The quantitative estimate of drug-likeness (QED) is 0.765. The molecule has 0 aliphatic carbocycles. The summed E-state index contributed by atoms with van der Waals surface area (Å²) in [5.41, 5.74) is 1.19. The van der Waals surface area contributed by atoms with Crippen LogP contribution >= 0.6 is 0 Å². The molecule has 0 spiro atoms. The van der Waals surface area contributed by atoms with Gasteiger partial charge in [0.1, 0.15) is 5.82 Å². The number of aryl methyl sites for hydroxylation is 1. The fourth-order valence-electron chi connectivity index (χ4n) is 2.01. The average molecular weight is 247 g/mol. The van der Waals surface area contributed by atoms with Crippen LogP contribution in [-0.4, -0.2) is 16.1 Å². The minimum atomic E-state index is 0.485. The molecule has 2 rings (SSSR count). The van der Waals surface area contributed by atoms with Gasteiger partial charge in [-0.1, -0.05) is 13.8 Å². The molecule has 1 N–H and O–H groups in total. The summed E-state index contributed by atoms with van der Waals surface area (Å²) in [7, 11) is 0. The lowest BCUT2D eigenvalue weighted by Gasteiger charge is -2.10. The van der Waals surface area contributed by atoms with E-state index in [0.717, 1.165) is 26.1 Å². The van der Waals surface area contributed by atoms with E-state index in [9.17, 15) is 0 Å². The number of furan rings is 1. The zero-order chi connectivity index (χ0) is 12.8. The predicted molar refractivity (Wildman–Crippen MR) is 71.3 cm³/mol. The van der Waals surface area contributed by atoms with Crippen LogP contribution < -0.4 is 5.32 Å². The number of hydrogen-bond acceptors (Lipinski definition) is 3. The highest BCUT2D eigenvalue weighted by molar-refractivity contribution is 5.04. The third kappa shape index (κ3) is 3.47. The van der Waals surface area contributed by atoms with Gasteiger partial charge in [0.2, 0.25) is 0 Å². The highest BCUT2D eigenvalue weighted by Crippen LogP contribution is 2.11. The van der Waals surface area contributed by atoms with Crippen molar-refractivity contribution >= 4 is 0 Å². The average Bonchev–Trinajstić information content (AvgIpc) is 2.98. The summed E-state index contributed by atoms with van der Waals surface area (Å²) in [6.07, 6.45) is 8.53. The van der Waals surface area contributed by atoms with E-state index in [1.165, 1.54) is 11.4 Å². The second-order valence-electron chi connectivity index (χ2n) is 4.80. The van der Waals surface area contributed by atoms with Gasteiger partial charge in [0.05, 0.1) is 12.5 Å². The van der Waals surface area contributed by atoms with Gasteiger partial charge in [-0.25, -0.2) is 4.98 Å². The molecule has 4 heteroatoms. The Morgan fingerprint density at radius 2 is 2.33 bits per heavy atom. The van der Waals surface area contributed by atoms with Crippen LogP contribution in [0.2, 0.25) is 0 Å². The molecular weight excluding hydrogens is 226 g/mol. The topological polar surface area (TPSA) is 43.0 Å². The van der Waals surface area contributed by atoms with E-state index in [2.05, 4.69) is 34.9 Å². The number of nitrogens with zero attached hydrogens (tertiary/aromatic N) is 2. The first-order chi connectivity index (χ1) is 8.77. The molecule has 0 saturated carbocycles. The molecule has 0 radical (unpaired) electrons. The second-order valence-corrected chi connectivity index (χ2v) is 4.80. The molecule has 0 aliphatic rings. The molecule has 0 unspecified atom stereocenters. The Hall–Kier alpha value is -1.55. The van der Waals surface area contributed by atoms with E-state index in [-0.39, 0.29) is 0 Å². The van der Waals surface area contributed by atoms with Crippen LogP contribution in [-0.2, 0) is 13.1 Å². The lowest BCUT2D eigenvalue weighted by Crippen LogP contribution is -2.16. The molecule has 18 heavy (non-hydrogen) atoms. The van der Waals surface area contributed by atoms with E-state index in [1.54, 1.807) is 12.5 Å². The Bertz CT molecular complexity index is 445. The number of rotatable bonds is 7. The Morgan fingerprint density at radius 3 is 3.06 bits per heavy atom. The molecular formula is C14H21N3O. The largest absolute Gasteiger partial charge is 0.472 e. The molecule has 4 nitrogen and oxygen atoms in total.